The lowest BCUT2D eigenvalue weighted by molar-refractivity contribution is -0.116. The first kappa shape index (κ1) is 16.5. The Morgan fingerprint density at radius 3 is 2.78 bits per heavy atom. The summed E-state index contributed by atoms with van der Waals surface area (Å²) in [7, 11) is 1.37. The first-order valence-electron chi connectivity index (χ1n) is 7.00. The van der Waals surface area contributed by atoms with Crippen LogP contribution < -0.4 is 10.1 Å². The second-order valence-electron chi connectivity index (χ2n) is 4.86. The zero-order chi connectivity index (χ0) is 16.8. The molecule has 1 aromatic carbocycles. The number of hydrogen-bond acceptors (Lipinski definition) is 6. The summed E-state index contributed by atoms with van der Waals surface area (Å²) in [6.07, 6.45) is 1.37. The molecule has 0 unspecified atom stereocenters. The Labute approximate surface area is 132 Å². The van der Waals surface area contributed by atoms with Crippen molar-refractivity contribution in [3.63, 3.8) is 0 Å². The number of carbonyl (C=O) groups is 2. The normalized spacial score (nSPS) is 10.3. The Hall–Kier alpha value is -2.90. The summed E-state index contributed by atoms with van der Waals surface area (Å²) < 4.78 is 9.98. The number of carboxylic acid groups (broad SMARTS) is 1. The maximum Gasteiger partial charge on any atom is 0.339 e. The van der Waals surface area contributed by atoms with Crippen LogP contribution in [0.15, 0.2) is 22.7 Å². The number of nitrogens with zero attached hydrogens (tertiary/aromatic N) is 2. The third kappa shape index (κ3) is 4.53. The average Bonchev–Trinajstić information content (AvgIpc) is 2.92. The summed E-state index contributed by atoms with van der Waals surface area (Å²) in [6, 6.07) is 4.38. The first-order valence-corrected chi connectivity index (χ1v) is 7.00. The van der Waals surface area contributed by atoms with Crippen LogP contribution >= 0.6 is 0 Å². The second kappa shape index (κ2) is 7.39. The van der Waals surface area contributed by atoms with E-state index in [2.05, 4.69) is 15.5 Å². The highest BCUT2D eigenvalue weighted by molar-refractivity contribution is 5.94. The zero-order valence-corrected chi connectivity index (χ0v) is 12.8. The highest BCUT2D eigenvalue weighted by Crippen LogP contribution is 2.23. The summed E-state index contributed by atoms with van der Waals surface area (Å²) in [5, 5.41) is 15.4. The number of nitrogens with one attached hydrogen (secondary N) is 1. The Morgan fingerprint density at radius 1 is 1.39 bits per heavy atom. The molecule has 2 rings (SSSR count). The molecule has 0 saturated carbocycles. The van der Waals surface area contributed by atoms with Gasteiger partial charge in [-0.2, -0.15) is 4.98 Å². The highest BCUT2D eigenvalue weighted by atomic mass is 16.5. The molecule has 8 heteroatoms. The van der Waals surface area contributed by atoms with Gasteiger partial charge >= 0.3 is 5.97 Å². The fourth-order valence-electron chi connectivity index (χ4n) is 2.01. The van der Waals surface area contributed by atoms with Crippen molar-refractivity contribution in [2.24, 2.45) is 0 Å². The van der Waals surface area contributed by atoms with Gasteiger partial charge in [-0.15, -0.1) is 0 Å². The van der Waals surface area contributed by atoms with Crippen LogP contribution in [0.4, 0.5) is 5.69 Å². The van der Waals surface area contributed by atoms with Gasteiger partial charge < -0.3 is 19.7 Å². The van der Waals surface area contributed by atoms with Gasteiger partial charge in [-0.05, 0) is 25.5 Å². The van der Waals surface area contributed by atoms with Crippen LogP contribution in [0.3, 0.4) is 0 Å². The number of aromatic nitrogens is 2. The molecule has 1 heterocycles. The minimum absolute atomic E-state index is 0.0391. The molecule has 0 atom stereocenters. The van der Waals surface area contributed by atoms with Crippen LogP contribution in [0.2, 0.25) is 0 Å². The third-order valence-electron chi connectivity index (χ3n) is 3.08. The number of ether oxygens (including phenoxy) is 1. The summed E-state index contributed by atoms with van der Waals surface area (Å²) in [4.78, 5) is 27.0. The Morgan fingerprint density at radius 2 is 2.17 bits per heavy atom. The third-order valence-corrected chi connectivity index (χ3v) is 3.08. The number of rotatable bonds is 7. The number of methoxy groups -OCH3 is 1. The fourth-order valence-corrected chi connectivity index (χ4v) is 2.01. The minimum Gasteiger partial charge on any atom is -0.496 e. The van der Waals surface area contributed by atoms with E-state index in [4.69, 9.17) is 14.4 Å². The number of aryl methyl sites for hydroxylation is 2. The standard InChI is InChI=1S/C15H17N3O5/c1-9-16-14(23-18-9)5-3-4-13(19)17-10-6-7-11(15(20)21)12(8-10)22-2/h6-8H,3-5H2,1-2H3,(H,17,19)(H,20,21). The molecule has 0 aliphatic rings. The number of amides is 1. The number of carbonyl (C=O) groups excluding carboxylic acids is 1. The minimum atomic E-state index is -1.09. The van der Waals surface area contributed by atoms with Crippen molar-refractivity contribution >= 4 is 17.6 Å². The topological polar surface area (TPSA) is 115 Å². The van der Waals surface area contributed by atoms with E-state index in [9.17, 15) is 9.59 Å². The van der Waals surface area contributed by atoms with Gasteiger partial charge in [0, 0.05) is 24.6 Å². The maximum atomic E-state index is 11.9. The maximum absolute atomic E-state index is 11.9. The molecule has 0 radical (unpaired) electrons. The van der Waals surface area contributed by atoms with Crippen molar-refractivity contribution in [3.05, 3.63) is 35.5 Å². The Balaban J connectivity index is 1.88. The summed E-state index contributed by atoms with van der Waals surface area (Å²) in [5.74, 6) is -0.0181. The van der Waals surface area contributed by atoms with E-state index in [0.717, 1.165) is 0 Å². The number of anilines is 1. The molecule has 0 aliphatic carbocycles. The van der Waals surface area contributed by atoms with Crippen molar-refractivity contribution in [1.82, 2.24) is 10.1 Å². The number of carboxylic acids is 1. The van der Waals surface area contributed by atoms with Crippen molar-refractivity contribution in [3.8, 4) is 5.75 Å². The van der Waals surface area contributed by atoms with Crippen LogP contribution in [0, 0.1) is 6.92 Å². The van der Waals surface area contributed by atoms with Crippen molar-refractivity contribution in [1.29, 1.82) is 0 Å². The molecular formula is C15H17N3O5. The molecule has 1 amide bonds. The predicted molar refractivity (Wildman–Crippen MR) is 80.6 cm³/mol. The van der Waals surface area contributed by atoms with Gasteiger partial charge in [0.2, 0.25) is 11.8 Å². The molecule has 0 spiro atoms. The molecule has 122 valence electrons. The van der Waals surface area contributed by atoms with E-state index < -0.39 is 5.97 Å². The Bertz CT molecular complexity index is 711. The van der Waals surface area contributed by atoms with E-state index in [1.54, 1.807) is 6.92 Å². The summed E-state index contributed by atoms with van der Waals surface area (Å²) in [5.41, 5.74) is 0.516. The monoisotopic (exact) mass is 319 g/mol. The molecule has 2 aromatic rings. The first-order chi connectivity index (χ1) is 11.0. The summed E-state index contributed by atoms with van der Waals surface area (Å²) >= 11 is 0. The van der Waals surface area contributed by atoms with Crippen LogP contribution in [0.1, 0.15) is 34.9 Å². The number of benzene rings is 1. The lowest BCUT2D eigenvalue weighted by Crippen LogP contribution is -2.12. The predicted octanol–water partition coefficient (Wildman–Crippen LogP) is 2.05. The van der Waals surface area contributed by atoms with Gasteiger partial charge in [-0.3, -0.25) is 4.79 Å². The molecule has 2 N–H and O–H groups in total. The molecule has 1 aromatic heterocycles. The van der Waals surface area contributed by atoms with Crippen LogP contribution in [0.5, 0.6) is 5.75 Å². The molecule has 23 heavy (non-hydrogen) atoms. The van der Waals surface area contributed by atoms with E-state index >= 15 is 0 Å². The number of hydrogen-bond donors (Lipinski definition) is 2. The van der Waals surface area contributed by atoms with Crippen molar-refractivity contribution < 1.29 is 24.0 Å². The lowest BCUT2D eigenvalue weighted by Gasteiger charge is -2.09. The van der Waals surface area contributed by atoms with Crippen LogP contribution in [0.25, 0.3) is 0 Å². The van der Waals surface area contributed by atoms with Gasteiger partial charge in [0.15, 0.2) is 5.82 Å². The van der Waals surface area contributed by atoms with Crippen molar-refractivity contribution in [2.45, 2.75) is 26.2 Å². The van der Waals surface area contributed by atoms with Crippen molar-refractivity contribution in [2.75, 3.05) is 12.4 Å². The van der Waals surface area contributed by atoms with E-state index in [0.29, 0.717) is 30.2 Å². The number of aromatic carboxylic acids is 1. The van der Waals surface area contributed by atoms with Crippen LogP contribution in [-0.4, -0.2) is 34.2 Å². The van der Waals surface area contributed by atoms with Gasteiger partial charge in [0.1, 0.15) is 11.3 Å². The molecule has 0 fully saturated rings. The zero-order valence-electron chi connectivity index (χ0n) is 12.8. The summed E-state index contributed by atoms with van der Waals surface area (Å²) in [6.45, 7) is 1.73. The molecule has 0 bridgehead atoms. The highest BCUT2D eigenvalue weighted by Gasteiger charge is 2.12. The lowest BCUT2D eigenvalue weighted by atomic mass is 10.1. The smallest absolute Gasteiger partial charge is 0.339 e. The SMILES string of the molecule is COc1cc(NC(=O)CCCc2nc(C)no2)ccc1C(=O)O. The van der Waals surface area contributed by atoms with Gasteiger partial charge in [0.25, 0.3) is 0 Å². The van der Waals surface area contributed by atoms with Gasteiger partial charge in [0.05, 0.1) is 7.11 Å². The Kier molecular flexibility index (Phi) is 5.29. The quantitative estimate of drug-likeness (QED) is 0.802. The molecular weight excluding hydrogens is 302 g/mol. The fraction of sp³-hybridized carbons (Fsp3) is 0.333. The van der Waals surface area contributed by atoms with E-state index in [1.165, 1.54) is 25.3 Å². The second-order valence-corrected chi connectivity index (χ2v) is 4.86. The van der Waals surface area contributed by atoms with E-state index in [-0.39, 0.29) is 23.6 Å². The largest absolute Gasteiger partial charge is 0.496 e. The van der Waals surface area contributed by atoms with Gasteiger partial charge in [-0.1, -0.05) is 5.16 Å². The van der Waals surface area contributed by atoms with Gasteiger partial charge in [-0.25, -0.2) is 4.79 Å². The molecule has 0 aliphatic heterocycles. The van der Waals surface area contributed by atoms with E-state index in [1.807, 2.05) is 0 Å². The molecule has 0 saturated heterocycles. The molecule has 8 nitrogen and oxygen atoms in total. The van der Waals surface area contributed by atoms with Crippen LogP contribution in [-0.2, 0) is 11.2 Å². The average molecular weight is 319 g/mol.